The van der Waals surface area contributed by atoms with E-state index in [1.54, 1.807) is 0 Å². The second-order valence-electron chi connectivity index (χ2n) is 5.73. The molecule has 0 aromatic carbocycles. The van der Waals surface area contributed by atoms with Gasteiger partial charge in [0.05, 0.1) is 12.7 Å². The summed E-state index contributed by atoms with van der Waals surface area (Å²) >= 11 is 2.57. The molecule has 21 heavy (non-hydrogen) atoms. The van der Waals surface area contributed by atoms with Crippen molar-refractivity contribution in [3.05, 3.63) is 24.8 Å². The second kappa shape index (κ2) is 16.5. The van der Waals surface area contributed by atoms with Gasteiger partial charge in [0.2, 0.25) is 0 Å². The Morgan fingerprint density at radius 3 is 2.38 bits per heavy atom. The van der Waals surface area contributed by atoms with Gasteiger partial charge in [-0.2, -0.15) is 0 Å². The lowest BCUT2D eigenvalue weighted by Gasteiger charge is -2.21. The summed E-state index contributed by atoms with van der Waals surface area (Å²) in [6.45, 7) is 9.09. The maximum Gasteiger partial charge on any atom is 0.0731 e. The van der Waals surface area contributed by atoms with E-state index in [1.807, 2.05) is 6.08 Å². The molecule has 0 spiro atoms. The van der Waals surface area contributed by atoms with Crippen molar-refractivity contribution in [2.24, 2.45) is 0 Å². The molecule has 2 atom stereocenters. The van der Waals surface area contributed by atoms with Crippen LogP contribution >= 0.6 is 22.6 Å². The molecule has 0 aromatic rings. The number of ether oxygens (including phenoxy) is 1. The van der Waals surface area contributed by atoms with E-state index < -0.39 is 0 Å². The lowest BCUT2D eigenvalue weighted by Crippen LogP contribution is -2.24. The zero-order valence-electron chi connectivity index (χ0n) is 14.2. The maximum absolute atomic E-state index is 6.02. The first-order valence-electron chi connectivity index (χ1n) is 8.77. The smallest absolute Gasteiger partial charge is 0.0731 e. The molecule has 0 aliphatic rings. The van der Waals surface area contributed by atoms with Gasteiger partial charge in [-0.05, 0) is 19.3 Å². The van der Waals surface area contributed by atoms with E-state index in [9.17, 15) is 0 Å². The van der Waals surface area contributed by atoms with Crippen LogP contribution in [0.15, 0.2) is 24.8 Å². The van der Waals surface area contributed by atoms with E-state index in [-0.39, 0.29) is 0 Å². The Balaban J connectivity index is 3.83. The molecule has 0 aliphatic carbocycles. The number of unbranched alkanes of at least 4 members (excludes halogenated alkanes) is 6. The van der Waals surface area contributed by atoms with Gasteiger partial charge in [0.25, 0.3) is 0 Å². The topological polar surface area (TPSA) is 9.23 Å². The number of halogens is 1. The Kier molecular flexibility index (Phi) is 16.7. The van der Waals surface area contributed by atoms with Crippen molar-refractivity contribution in [3.63, 3.8) is 0 Å². The highest BCUT2D eigenvalue weighted by atomic mass is 127. The highest BCUT2D eigenvalue weighted by molar-refractivity contribution is 14.1. The van der Waals surface area contributed by atoms with Gasteiger partial charge < -0.3 is 4.74 Å². The fourth-order valence-corrected chi connectivity index (χ4v) is 3.26. The fourth-order valence-electron chi connectivity index (χ4n) is 2.32. The van der Waals surface area contributed by atoms with Crippen molar-refractivity contribution < 1.29 is 4.74 Å². The first kappa shape index (κ1) is 21.2. The van der Waals surface area contributed by atoms with Gasteiger partial charge in [-0.25, -0.2) is 0 Å². The normalized spacial score (nSPS) is 14.4. The van der Waals surface area contributed by atoms with Gasteiger partial charge in [0.15, 0.2) is 0 Å². The van der Waals surface area contributed by atoms with Crippen LogP contribution in [-0.4, -0.2) is 16.6 Å². The summed E-state index contributed by atoms with van der Waals surface area (Å²) in [4.78, 5) is 0. The Morgan fingerprint density at radius 1 is 1.00 bits per heavy atom. The molecule has 0 radical (unpaired) electrons. The minimum atomic E-state index is 0.324. The molecule has 124 valence electrons. The molecule has 0 amide bonds. The van der Waals surface area contributed by atoms with E-state index in [0.29, 0.717) is 10.0 Å². The standard InChI is InChI=1S/C19H35IO/c1-4-7-9-11-12-13-16-18(20)19(15-6-3)21-17-14-10-8-5-2/h6,10,14,18-19H,3-5,7-9,11-13,15-17H2,1-2H3/b14-10+. The van der Waals surface area contributed by atoms with Gasteiger partial charge in [-0.15, -0.1) is 6.58 Å². The summed E-state index contributed by atoms with van der Waals surface area (Å²) < 4.78 is 6.62. The van der Waals surface area contributed by atoms with Gasteiger partial charge in [0.1, 0.15) is 0 Å². The largest absolute Gasteiger partial charge is 0.373 e. The lowest BCUT2D eigenvalue weighted by atomic mass is 10.0. The molecule has 2 unspecified atom stereocenters. The van der Waals surface area contributed by atoms with E-state index in [2.05, 4.69) is 55.2 Å². The second-order valence-corrected chi connectivity index (χ2v) is 7.33. The average molecular weight is 406 g/mol. The molecule has 0 saturated carbocycles. The van der Waals surface area contributed by atoms with E-state index in [0.717, 1.165) is 19.4 Å². The molecule has 2 heteroatoms. The Morgan fingerprint density at radius 2 is 1.71 bits per heavy atom. The van der Waals surface area contributed by atoms with E-state index in [1.165, 1.54) is 51.4 Å². The lowest BCUT2D eigenvalue weighted by molar-refractivity contribution is 0.0758. The molecule has 0 heterocycles. The fraction of sp³-hybridized carbons (Fsp3) is 0.789. The predicted molar refractivity (Wildman–Crippen MR) is 104 cm³/mol. The SMILES string of the molecule is C=CCC(OC/C=C/CCC)C(I)CCCCCCCC. The molecule has 0 aromatic heterocycles. The molecular formula is C19H35IO. The molecule has 1 nitrogen and oxygen atoms in total. The molecule has 0 N–H and O–H groups in total. The van der Waals surface area contributed by atoms with E-state index in [4.69, 9.17) is 4.74 Å². The quantitative estimate of drug-likeness (QED) is 0.125. The summed E-state index contributed by atoms with van der Waals surface area (Å²) in [6, 6.07) is 0. The number of allylic oxidation sites excluding steroid dienone is 1. The van der Waals surface area contributed by atoms with Crippen molar-refractivity contribution in [1.29, 1.82) is 0 Å². The van der Waals surface area contributed by atoms with Gasteiger partial charge in [-0.1, -0.05) is 99.6 Å². The minimum Gasteiger partial charge on any atom is -0.373 e. The molecule has 0 rings (SSSR count). The van der Waals surface area contributed by atoms with E-state index >= 15 is 0 Å². The third kappa shape index (κ3) is 13.5. The molecule has 0 fully saturated rings. The summed E-state index contributed by atoms with van der Waals surface area (Å²) in [5, 5.41) is 0. The van der Waals surface area contributed by atoms with Crippen LogP contribution in [0, 0.1) is 0 Å². The van der Waals surface area contributed by atoms with Crippen LogP contribution in [0.1, 0.15) is 78.1 Å². The number of rotatable bonds is 15. The molecule has 0 bridgehead atoms. The van der Waals surface area contributed by atoms with Crippen LogP contribution in [0.5, 0.6) is 0 Å². The van der Waals surface area contributed by atoms with Crippen LogP contribution < -0.4 is 0 Å². The Labute approximate surface area is 146 Å². The molecular weight excluding hydrogens is 371 g/mol. The third-order valence-electron chi connectivity index (χ3n) is 3.66. The van der Waals surface area contributed by atoms with Crippen molar-refractivity contribution in [2.75, 3.05) is 6.61 Å². The first-order chi connectivity index (χ1) is 10.3. The molecule has 0 aliphatic heterocycles. The monoisotopic (exact) mass is 406 g/mol. The number of hydrogen-bond acceptors (Lipinski definition) is 1. The predicted octanol–water partition coefficient (Wildman–Crippen LogP) is 6.86. The molecule has 0 saturated heterocycles. The van der Waals surface area contributed by atoms with Crippen LogP contribution in [0.2, 0.25) is 0 Å². The summed E-state index contributed by atoms with van der Waals surface area (Å²) in [5.74, 6) is 0. The summed E-state index contributed by atoms with van der Waals surface area (Å²) in [7, 11) is 0. The Hall–Kier alpha value is 0.170. The summed E-state index contributed by atoms with van der Waals surface area (Å²) in [5.41, 5.74) is 0. The minimum absolute atomic E-state index is 0.324. The first-order valence-corrected chi connectivity index (χ1v) is 10.0. The Bertz CT molecular complexity index is 250. The van der Waals surface area contributed by atoms with Gasteiger partial charge >= 0.3 is 0 Å². The highest BCUT2D eigenvalue weighted by Crippen LogP contribution is 2.21. The van der Waals surface area contributed by atoms with Gasteiger partial charge in [-0.3, -0.25) is 0 Å². The third-order valence-corrected chi connectivity index (χ3v) is 5.09. The highest BCUT2D eigenvalue weighted by Gasteiger charge is 2.17. The van der Waals surface area contributed by atoms with Gasteiger partial charge in [0, 0.05) is 3.92 Å². The van der Waals surface area contributed by atoms with Crippen LogP contribution in [0.25, 0.3) is 0 Å². The van der Waals surface area contributed by atoms with Crippen LogP contribution in [-0.2, 0) is 4.74 Å². The number of hydrogen-bond donors (Lipinski definition) is 0. The van der Waals surface area contributed by atoms with Crippen molar-refractivity contribution >= 4 is 22.6 Å². The number of alkyl halides is 1. The zero-order chi connectivity index (χ0) is 15.8. The van der Waals surface area contributed by atoms with Crippen molar-refractivity contribution in [3.8, 4) is 0 Å². The van der Waals surface area contributed by atoms with Crippen molar-refractivity contribution in [2.45, 2.75) is 88.1 Å². The van der Waals surface area contributed by atoms with Crippen LogP contribution in [0.3, 0.4) is 0 Å². The maximum atomic E-state index is 6.02. The van der Waals surface area contributed by atoms with Crippen LogP contribution in [0.4, 0.5) is 0 Å². The zero-order valence-corrected chi connectivity index (χ0v) is 16.3. The van der Waals surface area contributed by atoms with Crippen molar-refractivity contribution in [1.82, 2.24) is 0 Å². The average Bonchev–Trinajstić information content (AvgIpc) is 2.49. The summed E-state index contributed by atoms with van der Waals surface area (Å²) in [6.07, 6.45) is 19.5.